The van der Waals surface area contributed by atoms with Crippen molar-refractivity contribution in [3.05, 3.63) is 132 Å². The van der Waals surface area contributed by atoms with E-state index in [4.69, 9.17) is 10.2 Å². The second kappa shape index (κ2) is 13.7. The standard InChI is InChI=1S/C13H8N2O2.C11H10N2.C6H6O3.Ru/c16-13(17)10-5-7-15-12-9(10)4-3-8-2-1-6-14-11(8)12;1-13-9-5-3-7-11(13)10-6-2-4-8-12-10;1-4-6(8)5(7)2-3-9-4;/h1-7H,(H,16,17);2-9H,1H2;2-3,8H,1H3;/q;;;+1. The van der Waals surface area contributed by atoms with Crippen LogP contribution in [0.25, 0.3) is 33.2 Å². The molecule has 0 aliphatic rings. The first-order chi connectivity index (χ1) is 18.9. The summed E-state index contributed by atoms with van der Waals surface area (Å²) in [5.41, 5.74) is 3.17. The number of aromatic nitrogens is 4. The van der Waals surface area contributed by atoms with Gasteiger partial charge in [0.2, 0.25) is 11.2 Å². The van der Waals surface area contributed by atoms with E-state index in [0.717, 1.165) is 22.3 Å². The number of carboxylic acids is 1. The Bertz CT molecular complexity index is 1810. The number of aryl methyl sites for hydroxylation is 1. The molecule has 9 nitrogen and oxygen atoms in total. The molecule has 5 aromatic heterocycles. The summed E-state index contributed by atoms with van der Waals surface area (Å²) in [5, 5.41) is 19.5. The van der Waals surface area contributed by atoms with Crippen LogP contribution in [0.5, 0.6) is 5.75 Å². The predicted molar refractivity (Wildman–Crippen MR) is 146 cm³/mol. The number of fused-ring (bicyclic) bond motifs is 3. The maximum atomic E-state index is 11.1. The SMILES string of the molecule is Cc1occc(=O)c1O.O=C(O)c1ccnc2c1ccc1cccnc12.[CH2-][n+]1ccccc1-c1ccccn1.[Ru+]. The van der Waals surface area contributed by atoms with Crippen LogP contribution in [0.3, 0.4) is 0 Å². The normalized spacial score (nSPS) is 9.93. The van der Waals surface area contributed by atoms with Gasteiger partial charge in [-0.25, -0.2) is 4.79 Å². The molecule has 5 heterocycles. The Morgan fingerprint density at radius 2 is 1.62 bits per heavy atom. The molecule has 0 spiro atoms. The molecule has 201 valence electrons. The molecule has 40 heavy (non-hydrogen) atoms. The first-order valence-electron chi connectivity index (χ1n) is 11.7. The van der Waals surface area contributed by atoms with Gasteiger partial charge in [0, 0.05) is 42.5 Å². The second-order valence-electron chi connectivity index (χ2n) is 8.16. The molecule has 0 fully saturated rings. The molecule has 0 aliphatic heterocycles. The first kappa shape index (κ1) is 29.6. The van der Waals surface area contributed by atoms with E-state index in [-0.39, 0.29) is 36.6 Å². The average Bonchev–Trinajstić information content (AvgIpc) is 2.97. The third-order valence-electron chi connectivity index (χ3n) is 5.61. The number of pyridine rings is 4. The number of carboxylic acid groups (broad SMARTS) is 1. The van der Waals surface area contributed by atoms with Crippen molar-refractivity contribution in [3.63, 3.8) is 0 Å². The number of benzene rings is 1. The number of carbonyl (C=O) groups is 1. The zero-order valence-corrected chi connectivity index (χ0v) is 23.0. The van der Waals surface area contributed by atoms with Crippen LogP contribution < -0.4 is 10.00 Å². The Labute approximate surface area is 242 Å². The van der Waals surface area contributed by atoms with Crippen molar-refractivity contribution in [1.82, 2.24) is 15.0 Å². The molecule has 0 bridgehead atoms. The van der Waals surface area contributed by atoms with Crippen molar-refractivity contribution in [2.24, 2.45) is 0 Å². The molecule has 2 N–H and O–H groups in total. The second-order valence-corrected chi connectivity index (χ2v) is 8.16. The summed E-state index contributed by atoms with van der Waals surface area (Å²) in [7, 11) is 3.87. The van der Waals surface area contributed by atoms with Crippen molar-refractivity contribution < 1.29 is 43.5 Å². The van der Waals surface area contributed by atoms with Crippen LogP contribution in [0, 0.1) is 14.0 Å². The third-order valence-corrected chi connectivity index (χ3v) is 5.61. The molecule has 1 radical (unpaired) electrons. The molecule has 6 aromatic rings. The van der Waals surface area contributed by atoms with E-state index in [0.29, 0.717) is 10.9 Å². The van der Waals surface area contributed by atoms with Crippen LogP contribution in [0.4, 0.5) is 0 Å². The molecule has 0 atom stereocenters. The van der Waals surface area contributed by atoms with E-state index in [9.17, 15) is 9.59 Å². The summed E-state index contributed by atoms with van der Waals surface area (Å²) in [6.45, 7) is 1.52. The van der Waals surface area contributed by atoms with E-state index >= 15 is 0 Å². The Hall–Kier alpha value is -4.95. The number of aromatic hydroxyl groups is 1. The van der Waals surface area contributed by atoms with E-state index in [1.165, 1.54) is 31.5 Å². The number of rotatable bonds is 2. The summed E-state index contributed by atoms with van der Waals surface area (Å²) in [6.07, 6.45) is 8.11. The van der Waals surface area contributed by atoms with E-state index in [1.54, 1.807) is 18.5 Å². The van der Waals surface area contributed by atoms with Crippen molar-refractivity contribution in [2.75, 3.05) is 0 Å². The summed E-state index contributed by atoms with van der Waals surface area (Å²) < 4.78 is 6.50. The number of hydrogen-bond donors (Lipinski definition) is 2. The van der Waals surface area contributed by atoms with Crippen LogP contribution in [0.15, 0.2) is 113 Å². The van der Waals surface area contributed by atoms with Gasteiger partial charge in [0.15, 0.2) is 0 Å². The molecule has 6 rings (SSSR count). The number of aromatic carboxylic acids is 1. The molecule has 0 aliphatic carbocycles. The Balaban J connectivity index is 0.000000172. The third kappa shape index (κ3) is 6.92. The van der Waals surface area contributed by atoms with Gasteiger partial charge in [-0.05, 0) is 37.3 Å². The quantitative estimate of drug-likeness (QED) is 0.122. The van der Waals surface area contributed by atoms with Gasteiger partial charge in [0.1, 0.15) is 11.5 Å². The monoisotopic (exact) mass is 622 g/mol. The van der Waals surface area contributed by atoms with Crippen LogP contribution in [0.2, 0.25) is 0 Å². The topological polar surface area (TPSA) is 130 Å². The van der Waals surface area contributed by atoms with Crippen LogP contribution in [-0.4, -0.2) is 31.1 Å². The maximum Gasteiger partial charge on any atom is 1.00 e. The Kier molecular flexibility index (Phi) is 10.2. The zero-order valence-electron chi connectivity index (χ0n) is 21.3. The van der Waals surface area contributed by atoms with Gasteiger partial charge in [0.05, 0.1) is 34.8 Å². The van der Waals surface area contributed by atoms with Crippen molar-refractivity contribution in [1.29, 1.82) is 0 Å². The minimum Gasteiger partial charge on any atom is -0.502 e. The molecule has 1 aromatic carbocycles. The molecule has 0 amide bonds. The molecule has 0 saturated carbocycles. The Morgan fingerprint density at radius 1 is 0.875 bits per heavy atom. The fourth-order valence-corrected chi connectivity index (χ4v) is 3.67. The fourth-order valence-electron chi connectivity index (χ4n) is 3.67. The van der Waals surface area contributed by atoms with Gasteiger partial charge in [0.25, 0.3) is 0 Å². The smallest absolute Gasteiger partial charge is 0.502 e. The molecular weight excluding hydrogens is 597 g/mol. The van der Waals surface area contributed by atoms with E-state index in [1.807, 2.05) is 65.4 Å². The van der Waals surface area contributed by atoms with Gasteiger partial charge in [-0.2, -0.15) is 0 Å². The van der Waals surface area contributed by atoms with E-state index in [2.05, 4.69) is 26.4 Å². The predicted octanol–water partition coefficient (Wildman–Crippen LogP) is 4.81. The van der Waals surface area contributed by atoms with Gasteiger partial charge in [-0.15, -0.1) is 0 Å². The zero-order chi connectivity index (χ0) is 27.8. The average molecular weight is 622 g/mol. The largest absolute Gasteiger partial charge is 1.00 e. The molecular formula is C30H24N4O5Ru+. The van der Waals surface area contributed by atoms with Crippen molar-refractivity contribution in [2.45, 2.75) is 6.92 Å². The molecule has 0 unspecified atom stereocenters. The Morgan fingerprint density at radius 3 is 2.30 bits per heavy atom. The molecule has 0 saturated heterocycles. The summed E-state index contributed by atoms with van der Waals surface area (Å²) in [4.78, 5) is 34.4. The summed E-state index contributed by atoms with van der Waals surface area (Å²) in [6, 6.07) is 21.8. The minimum atomic E-state index is -0.951. The summed E-state index contributed by atoms with van der Waals surface area (Å²) in [5.74, 6) is -1.01. The maximum absolute atomic E-state index is 11.1. The first-order valence-corrected chi connectivity index (χ1v) is 11.7. The number of hydrogen-bond acceptors (Lipinski definition) is 7. The fraction of sp³-hybridized carbons (Fsp3) is 0.0333. The van der Waals surface area contributed by atoms with Crippen LogP contribution in [0.1, 0.15) is 16.1 Å². The van der Waals surface area contributed by atoms with Gasteiger partial charge < -0.3 is 19.2 Å². The van der Waals surface area contributed by atoms with Gasteiger partial charge in [-0.3, -0.25) is 19.7 Å². The van der Waals surface area contributed by atoms with Gasteiger partial charge in [-0.1, -0.05) is 36.4 Å². The van der Waals surface area contributed by atoms with Crippen molar-refractivity contribution >= 4 is 27.8 Å². The molecule has 10 heteroatoms. The van der Waals surface area contributed by atoms with Crippen LogP contribution in [-0.2, 0) is 19.5 Å². The minimum absolute atomic E-state index is 0. The number of nitrogens with zero attached hydrogens (tertiary/aromatic N) is 4. The van der Waals surface area contributed by atoms with Gasteiger partial charge >= 0.3 is 25.4 Å². The van der Waals surface area contributed by atoms with Crippen LogP contribution >= 0.6 is 0 Å². The van der Waals surface area contributed by atoms with Crippen molar-refractivity contribution in [3.8, 4) is 17.1 Å². The summed E-state index contributed by atoms with van der Waals surface area (Å²) >= 11 is 0. The van der Waals surface area contributed by atoms with E-state index < -0.39 is 11.4 Å².